The first-order valence-corrected chi connectivity index (χ1v) is 8.10. The molecule has 2 aromatic rings. The van der Waals surface area contributed by atoms with Crippen LogP contribution in [0.5, 0.6) is 0 Å². The number of nitrogens with zero attached hydrogens (tertiary/aromatic N) is 1. The fraction of sp³-hybridized carbons (Fsp3) is 0.294. The lowest BCUT2D eigenvalue weighted by molar-refractivity contribution is 0.973. The summed E-state index contributed by atoms with van der Waals surface area (Å²) < 4.78 is 0. The van der Waals surface area contributed by atoms with Crippen molar-refractivity contribution in [2.45, 2.75) is 20.3 Å². The highest BCUT2D eigenvalue weighted by Crippen LogP contribution is 2.15. The van der Waals surface area contributed by atoms with Gasteiger partial charge in [0, 0.05) is 22.6 Å². The summed E-state index contributed by atoms with van der Waals surface area (Å²) in [5.41, 5.74) is 3.65. The summed E-state index contributed by atoms with van der Waals surface area (Å²) in [6, 6.07) is 9.71. The summed E-state index contributed by atoms with van der Waals surface area (Å²) in [7, 11) is 0. The van der Waals surface area contributed by atoms with Gasteiger partial charge < -0.3 is 4.98 Å². The van der Waals surface area contributed by atoms with Gasteiger partial charge in [0.1, 0.15) is 5.82 Å². The number of aryl methyl sites for hydroxylation is 1. The Morgan fingerprint density at radius 2 is 2.05 bits per heavy atom. The molecule has 0 amide bonds. The van der Waals surface area contributed by atoms with E-state index >= 15 is 0 Å². The number of benzene rings is 1. The monoisotopic (exact) mass is 300 g/mol. The molecule has 1 heterocycles. The maximum atomic E-state index is 12.2. The van der Waals surface area contributed by atoms with Crippen molar-refractivity contribution in [3.8, 4) is 11.4 Å². The van der Waals surface area contributed by atoms with Crippen LogP contribution in [0.4, 0.5) is 0 Å². The smallest absolute Gasteiger partial charge is 0.254 e. The fourth-order valence-corrected chi connectivity index (χ4v) is 2.90. The molecule has 1 aromatic carbocycles. The number of hydrogen-bond acceptors (Lipinski definition) is 3. The van der Waals surface area contributed by atoms with Crippen molar-refractivity contribution in [1.82, 2.24) is 9.97 Å². The molecule has 0 aliphatic heterocycles. The van der Waals surface area contributed by atoms with Gasteiger partial charge in [0.05, 0.1) is 0 Å². The number of aromatic nitrogens is 2. The van der Waals surface area contributed by atoms with Crippen LogP contribution in [0, 0.1) is 6.92 Å². The molecule has 1 N–H and O–H groups in total. The predicted octanol–water partition coefficient (Wildman–Crippen LogP) is 3.60. The molecule has 0 spiro atoms. The van der Waals surface area contributed by atoms with Crippen molar-refractivity contribution in [3.05, 3.63) is 64.1 Å². The lowest BCUT2D eigenvalue weighted by Gasteiger charge is -2.07. The van der Waals surface area contributed by atoms with Crippen molar-refractivity contribution in [1.29, 1.82) is 0 Å². The van der Waals surface area contributed by atoms with E-state index in [9.17, 15) is 4.79 Å². The number of nitrogens with one attached hydrogen (secondary N) is 1. The van der Waals surface area contributed by atoms with E-state index < -0.39 is 0 Å². The van der Waals surface area contributed by atoms with Gasteiger partial charge in [-0.25, -0.2) is 4.98 Å². The Kier molecular flexibility index (Phi) is 5.39. The minimum atomic E-state index is -0.0303. The largest absolute Gasteiger partial charge is 0.306 e. The molecule has 1 aromatic heterocycles. The minimum absolute atomic E-state index is 0.0303. The van der Waals surface area contributed by atoms with Crippen molar-refractivity contribution >= 4 is 11.8 Å². The summed E-state index contributed by atoms with van der Waals surface area (Å²) in [5, 5.41) is 0. The normalized spacial score (nSPS) is 10.6. The predicted molar refractivity (Wildman–Crippen MR) is 90.9 cm³/mol. The van der Waals surface area contributed by atoms with E-state index in [2.05, 4.69) is 16.5 Å². The summed E-state index contributed by atoms with van der Waals surface area (Å²) in [4.78, 5) is 19.7. The molecule has 110 valence electrons. The third kappa shape index (κ3) is 4.33. The lowest BCUT2D eigenvalue weighted by Crippen LogP contribution is -2.18. The highest BCUT2D eigenvalue weighted by atomic mass is 32.2. The van der Waals surface area contributed by atoms with E-state index in [-0.39, 0.29) is 5.56 Å². The van der Waals surface area contributed by atoms with Gasteiger partial charge in [0.15, 0.2) is 0 Å². The van der Waals surface area contributed by atoms with Gasteiger partial charge in [0.2, 0.25) is 0 Å². The van der Waals surface area contributed by atoms with Crippen molar-refractivity contribution < 1.29 is 0 Å². The Balaban J connectivity index is 2.14. The molecular weight excluding hydrogens is 280 g/mol. The molecule has 0 radical (unpaired) electrons. The van der Waals surface area contributed by atoms with Gasteiger partial charge in [-0.1, -0.05) is 42.5 Å². The minimum Gasteiger partial charge on any atom is -0.306 e. The van der Waals surface area contributed by atoms with Crippen LogP contribution in [0.1, 0.15) is 18.2 Å². The zero-order valence-corrected chi connectivity index (χ0v) is 13.3. The van der Waals surface area contributed by atoms with E-state index in [1.807, 2.05) is 44.2 Å². The summed E-state index contributed by atoms with van der Waals surface area (Å²) in [6.45, 7) is 7.80. The first kappa shape index (κ1) is 15.6. The SMILES string of the molecule is C=C(C)CSCCc1c(C)nc(-c2ccccc2)[nH]c1=O. The second-order valence-electron chi connectivity index (χ2n) is 5.10. The zero-order valence-electron chi connectivity index (χ0n) is 12.5. The van der Waals surface area contributed by atoms with Gasteiger partial charge in [-0.2, -0.15) is 11.8 Å². The third-order valence-corrected chi connectivity index (χ3v) is 4.30. The van der Waals surface area contributed by atoms with Gasteiger partial charge >= 0.3 is 0 Å². The van der Waals surface area contributed by atoms with Crippen LogP contribution in [0.3, 0.4) is 0 Å². The van der Waals surface area contributed by atoms with E-state index in [0.29, 0.717) is 5.82 Å². The molecule has 0 aliphatic rings. The van der Waals surface area contributed by atoms with Crippen LogP contribution < -0.4 is 5.56 Å². The summed E-state index contributed by atoms with van der Waals surface area (Å²) in [5.74, 6) is 2.48. The van der Waals surface area contributed by atoms with Crippen LogP contribution >= 0.6 is 11.8 Å². The second kappa shape index (κ2) is 7.27. The molecule has 0 saturated heterocycles. The van der Waals surface area contributed by atoms with Crippen LogP contribution in [0.25, 0.3) is 11.4 Å². The molecule has 0 aliphatic carbocycles. The first-order valence-electron chi connectivity index (χ1n) is 6.95. The lowest BCUT2D eigenvalue weighted by atomic mass is 10.1. The molecular formula is C17H20N2OS. The first-order chi connectivity index (χ1) is 10.1. The maximum absolute atomic E-state index is 12.2. The Hall–Kier alpha value is -1.81. The molecule has 2 rings (SSSR count). The number of thioether (sulfide) groups is 1. The van der Waals surface area contributed by atoms with Crippen LogP contribution in [0.15, 0.2) is 47.3 Å². The Morgan fingerprint density at radius 3 is 2.67 bits per heavy atom. The van der Waals surface area contributed by atoms with Gasteiger partial charge in [-0.15, -0.1) is 0 Å². The van der Waals surface area contributed by atoms with Crippen molar-refractivity contribution in [2.24, 2.45) is 0 Å². The van der Waals surface area contributed by atoms with E-state index in [0.717, 1.165) is 40.3 Å². The molecule has 0 bridgehead atoms. The number of aromatic amines is 1. The fourth-order valence-electron chi connectivity index (χ4n) is 2.06. The molecule has 3 nitrogen and oxygen atoms in total. The molecule has 0 fully saturated rings. The highest BCUT2D eigenvalue weighted by molar-refractivity contribution is 7.99. The molecule has 0 unspecified atom stereocenters. The molecule has 21 heavy (non-hydrogen) atoms. The topological polar surface area (TPSA) is 45.8 Å². The van der Waals surface area contributed by atoms with E-state index in [1.165, 1.54) is 0 Å². The molecule has 0 saturated carbocycles. The van der Waals surface area contributed by atoms with Crippen molar-refractivity contribution in [3.63, 3.8) is 0 Å². The zero-order chi connectivity index (χ0) is 15.2. The summed E-state index contributed by atoms with van der Waals surface area (Å²) >= 11 is 1.79. The third-order valence-electron chi connectivity index (χ3n) is 3.11. The second-order valence-corrected chi connectivity index (χ2v) is 6.21. The Morgan fingerprint density at radius 1 is 1.33 bits per heavy atom. The van der Waals surface area contributed by atoms with Crippen molar-refractivity contribution in [2.75, 3.05) is 11.5 Å². The van der Waals surface area contributed by atoms with Crippen LogP contribution in [-0.4, -0.2) is 21.5 Å². The molecule has 0 atom stereocenters. The van der Waals surface area contributed by atoms with E-state index in [1.54, 1.807) is 11.8 Å². The maximum Gasteiger partial charge on any atom is 0.254 e. The number of rotatable bonds is 6. The van der Waals surface area contributed by atoms with Crippen LogP contribution in [0.2, 0.25) is 0 Å². The Labute approximate surface area is 129 Å². The number of H-pyrrole nitrogens is 1. The van der Waals surface area contributed by atoms with Gasteiger partial charge in [-0.05, 0) is 26.0 Å². The summed E-state index contributed by atoms with van der Waals surface area (Å²) in [6.07, 6.45) is 0.737. The molecule has 4 heteroatoms. The average Bonchev–Trinajstić information content (AvgIpc) is 2.46. The van der Waals surface area contributed by atoms with Gasteiger partial charge in [0.25, 0.3) is 5.56 Å². The average molecular weight is 300 g/mol. The number of hydrogen-bond donors (Lipinski definition) is 1. The quantitative estimate of drug-likeness (QED) is 0.655. The van der Waals surface area contributed by atoms with Crippen LogP contribution in [-0.2, 0) is 6.42 Å². The highest BCUT2D eigenvalue weighted by Gasteiger charge is 2.09. The standard InChI is InChI=1S/C17H20N2OS/c1-12(2)11-21-10-9-15-13(3)18-16(19-17(15)20)14-7-5-4-6-8-14/h4-8H,1,9-11H2,2-3H3,(H,18,19,20). The Bertz CT molecular complexity index is 677. The van der Waals surface area contributed by atoms with E-state index in [4.69, 9.17) is 0 Å². The van der Waals surface area contributed by atoms with Gasteiger partial charge in [-0.3, -0.25) is 4.79 Å².